The van der Waals surface area contributed by atoms with Crippen LogP contribution in [0.1, 0.15) is 61.6 Å². The van der Waals surface area contributed by atoms with Crippen LogP contribution in [0.25, 0.3) is 0 Å². The molecule has 110 valence electrons. The molecule has 6 heteroatoms. The minimum absolute atomic E-state index is 0.0423. The van der Waals surface area contributed by atoms with E-state index in [0.29, 0.717) is 6.42 Å². The Morgan fingerprint density at radius 1 is 1.50 bits per heavy atom. The lowest BCUT2D eigenvalue weighted by atomic mass is 9.91. The van der Waals surface area contributed by atoms with Crippen LogP contribution in [-0.2, 0) is 4.79 Å². The second-order valence-electron chi connectivity index (χ2n) is 6.36. The summed E-state index contributed by atoms with van der Waals surface area (Å²) < 4.78 is 0. The Balaban J connectivity index is 2.14. The maximum absolute atomic E-state index is 12.4. The standard InChI is InChI=1S/C14H20N2O3S/c1-14(2,3)7-11(17)16-6-4-5-10(16)12-15-9(8-20-12)13(18)19/h8,10H,4-7H2,1-3H3,(H,18,19). The molecule has 1 fully saturated rings. The summed E-state index contributed by atoms with van der Waals surface area (Å²) in [6, 6.07) is -0.0528. The lowest BCUT2D eigenvalue weighted by Crippen LogP contribution is -2.33. The number of hydrogen-bond acceptors (Lipinski definition) is 4. The van der Waals surface area contributed by atoms with Crippen LogP contribution < -0.4 is 0 Å². The maximum atomic E-state index is 12.4. The largest absolute Gasteiger partial charge is 0.476 e. The molecule has 2 heterocycles. The molecule has 0 radical (unpaired) electrons. The van der Waals surface area contributed by atoms with Crippen LogP contribution in [0.2, 0.25) is 0 Å². The normalized spacial score (nSPS) is 19.4. The van der Waals surface area contributed by atoms with Crippen molar-refractivity contribution in [2.24, 2.45) is 5.41 Å². The van der Waals surface area contributed by atoms with Gasteiger partial charge in [-0.05, 0) is 18.3 Å². The lowest BCUT2D eigenvalue weighted by Gasteiger charge is -2.27. The quantitative estimate of drug-likeness (QED) is 0.931. The predicted octanol–water partition coefficient (Wildman–Crippen LogP) is 2.94. The van der Waals surface area contributed by atoms with E-state index in [1.807, 2.05) is 25.7 Å². The number of hydrogen-bond donors (Lipinski definition) is 1. The predicted molar refractivity (Wildman–Crippen MR) is 76.8 cm³/mol. The van der Waals surface area contributed by atoms with E-state index >= 15 is 0 Å². The van der Waals surface area contributed by atoms with Gasteiger partial charge in [-0.25, -0.2) is 9.78 Å². The molecular formula is C14H20N2O3S. The number of carboxylic acid groups (broad SMARTS) is 1. The van der Waals surface area contributed by atoms with Gasteiger partial charge in [-0.15, -0.1) is 11.3 Å². The number of likely N-dealkylation sites (tertiary alicyclic amines) is 1. The van der Waals surface area contributed by atoms with Crippen molar-refractivity contribution in [3.8, 4) is 0 Å². The second kappa shape index (κ2) is 5.52. The molecule has 1 unspecified atom stereocenters. The van der Waals surface area contributed by atoms with Gasteiger partial charge in [-0.1, -0.05) is 20.8 Å². The molecule has 0 saturated carbocycles. The third-order valence-corrected chi connectivity index (χ3v) is 4.23. The summed E-state index contributed by atoms with van der Waals surface area (Å²) >= 11 is 1.33. The minimum Gasteiger partial charge on any atom is -0.476 e. The van der Waals surface area contributed by atoms with Gasteiger partial charge >= 0.3 is 5.97 Å². The van der Waals surface area contributed by atoms with Crippen molar-refractivity contribution in [3.63, 3.8) is 0 Å². The summed E-state index contributed by atoms with van der Waals surface area (Å²) in [7, 11) is 0. The molecule has 1 N–H and O–H groups in total. The van der Waals surface area contributed by atoms with Crippen molar-refractivity contribution in [1.82, 2.24) is 9.88 Å². The first kappa shape index (κ1) is 15.0. The lowest BCUT2D eigenvalue weighted by molar-refractivity contribution is -0.134. The smallest absolute Gasteiger partial charge is 0.355 e. The molecule has 5 nitrogen and oxygen atoms in total. The van der Waals surface area contributed by atoms with Crippen molar-refractivity contribution in [3.05, 3.63) is 16.1 Å². The Morgan fingerprint density at radius 2 is 2.20 bits per heavy atom. The minimum atomic E-state index is -1.02. The molecule has 0 aliphatic carbocycles. The van der Waals surface area contributed by atoms with Crippen LogP contribution in [0.4, 0.5) is 0 Å². The highest BCUT2D eigenvalue weighted by molar-refractivity contribution is 7.09. The van der Waals surface area contributed by atoms with E-state index in [2.05, 4.69) is 4.98 Å². The average Bonchev–Trinajstić information content (AvgIpc) is 2.95. The zero-order chi connectivity index (χ0) is 14.9. The van der Waals surface area contributed by atoms with E-state index in [1.54, 1.807) is 5.38 Å². The number of carboxylic acids is 1. The van der Waals surface area contributed by atoms with Crippen molar-refractivity contribution in [2.45, 2.75) is 46.1 Å². The fraction of sp³-hybridized carbons (Fsp3) is 0.643. The van der Waals surface area contributed by atoms with E-state index in [0.717, 1.165) is 24.4 Å². The topological polar surface area (TPSA) is 70.5 Å². The number of amides is 1. The third kappa shape index (κ3) is 3.36. The van der Waals surface area contributed by atoms with Crippen LogP contribution >= 0.6 is 11.3 Å². The molecule has 1 aliphatic rings. The van der Waals surface area contributed by atoms with Crippen LogP contribution in [-0.4, -0.2) is 33.4 Å². The molecule has 0 aromatic carbocycles. The molecule has 0 bridgehead atoms. The van der Waals surface area contributed by atoms with Gasteiger partial charge in [0, 0.05) is 18.3 Å². The number of carbonyl (C=O) groups is 2. The first-order valence-electron chi connectivity index (χ1n) is 6.76. The Morgan fingerprint density at radius 3 is 2.75 bits per heavy atom. The van der Waals surface area contributed by atoms with Crippen LogP contribution in [0.3, 0.4) is 0 Å². The first-order valence-corrected chi connectivity index (χ1v) is 7.64. The van der Waals surface area contributed by atoms with Crippen molar-refractivity contribution < 1.29 is 14.7 Å². The Kier molecular flexibility index (Phi) is 4.13. The van der Waals surface area contributed by atoms with Crippen LogP contribution in [0, 0.1) is 5.41 Å². The van der Waals surface area contributed by atoms with Gasteiger partial charge < -0.3 is 10.0 Å². The number of thiazole rings is 1. The van der Waals surface area contributed by atoms with Gasteiger partial charge in [0.15, 0.2) is 5.69 Å². The summed E-state index contributed by atoms with van der Waals surface area (Å²) in [5.41, 5.74) is 0.0272. The molecule has 1 saturated heterocycles. The molecular weight excluding hydrogens is 276 g/mol. The van der Waals surface area contributed by atoms with E-state index < -0.39 is 5.97 Å². The summed E-state index contributed by atoms with van der Waals surface area (Å²) in [6.45, 7) is 6.87. The van der Waals surface area contributed by atoms with E-state index in [4.69, 9.17) is 5.11 Å². The maximum Gasteiger partial charge on any atom is 0.355 e. The van der Waals surface area contributed by atoms with Gasteiger partial charge in [0.05, 0.1) is 6.04 Å². The highest BCUT2D eigenvalue weighted by Crippen LogP contribution is 2.35. The van der Waals surface area contributed by atoms with Crippen molar-refractivity contribution in [1.29, 1.82) is 0 Å². The zero-order valence-corrected chi connectivity index (χ0v) is 12.9. The molecule has 1 aromatic heterocycles. The molecule has 1 aliphatic heterocycles. The van der Waals surface area contributed by atoms with E-state index in [1.165, 1.54) is 11.3 Å². The molecule has 0 spiro atoms. The van der Waals surface area contributed by atoms with Crippen LogP contribution in [0.15, 0.2) is 5.38 Å². The highest BCUT2D eigenvalue weighted by Gasteiger charge is 2.33. The number of carbonyl (C=O) groups excluding carboxylic acids is 1. The molecule has 1 atom stereocenters. The number of nitrogens with zero attached hydrogens (tertiary/aromatic N) is 2. The van der Waals surface area contributed by atoms with Gasteiger partial charge in [-0.3, -0.25) is 4.79 Å². The third-order valence-electron chi connectivity index (χ3n) is 3.28. The van der Waals surface area contributed by atoms with E-state index in [9.17, 15) is 9.59 Å². The summed E-state index contributed by atoms with van der Waals surface area (Å²) in [4.78, 5) is 29.3. The fourth-order valence-corrected chi connectivity index (χ4v) is 3.36. The van der Waals surface area contributed by atoms with E-state index in [-0.39, 0.29) is 23.1 Å². The Bertz CT molecular complexity index is 519. The first-order chi connectivity index (χ1) is 9.28. The molecule has 20 heavy (non-hydrogen) atoms. The summed E-state index contributed by atoms with van der Waals surface area (Å²) in [5, 5.41) is 11.2. The monoisotopic (exact) mass is 296 g/mol. The Hall–Kier alpha value is -1.43. The highest BCUT2D eigenvalue weighted by atomic mass is 32.1. The second-order valence-corrected chi connectivity index (χ2v) is 7.25. The van der Waals surface area contributed by atoms with Crippen LogP contribution in [0.5, 0.6) is 0 Å². The van der Waals surface area contributed by atoms with Crippen molar-refractivity contribution >= 4 is 23.2 Å². The number of rotatable bonds is 3. The van der Waals surface area contributed by atoms with Gasteiger partial charge in [0.1, 0.15) is 5.01 Å². The zero-order valence-electron chi connectivity index (χ0n) is 12.0. The number of aromatic carboxylic acids is 1. The molecule has 1 aromatic rings. The average molecular weight is 296 g/mol. The molecule has 2 rings (SSSR count). The van der Waals surface area contributed by atoms with Gasteiger partial charge in [0.25, 0.3) is 0 Å². The number of aromatic nitrogens is 1. The van der Waals surface area contributed by atoms with Gasteiger partial charge in [0.2, 0.25) is 5.91 Å². The summed E-state index contributed by atoms with van der Waals surface area (Å²) in [5.74, 6) is -0.884. The molecule has 1 amide bonds. The fourth-order valence-electron chi connectivity index (χ4n) is 2.42. The van der Waals surface area contributed by atoms with Gasteiger partial charge in [-0.2, -0.15) is 0 Å². The Labute approximate surface area is 122 Å². The SMILES string of the molecule is CC(C)(C)CC(=O)N1CCCC1c1nc(C(=O)O)cs1. The summed E-state index contributed by atoms with van der Waals surface area (Å²) in [6.07, 6.45) is 2.31. The van der Waals surface area contributed by atoms with Crippen molar-refractivity contribution in [2.75, 3.05) is 6.54 Å².